The Balaban J connectivity index is 2.00. The lowest BCUT2D eigenvalue weighted by atomic mass is 10.1. The lowest BCUT2D eigenvalue weighted by Gasteiger charge is -2.31. The number of ether oxygens (including phenoxy) is 1. The molecular weight excluding hydrogens is 509 g/mol. The highest BCUT2D eigenvalue weighted by Gasteiger charge is 2.32. The number of nitrogens with one attached hydrogen (secondary N) is 1. The minimum atomic E-state index is -4.18. The molecule has 0 spiro atoms. The van der Waals surface area contributed by atoms with E-state index in [0.29, 0.717) is 23.6 Å². The van der Waals surface area contributed by atoms with E-state index in [9.17, 15) is 22.4 Å². The van der Waals surface area contributed by atoms with Crippen molar-refractivity contribution in [1.82, 2.24) is 10.2 Å². The number of carbonyl (C=O) groups is 2. The van der Waals surface area contributed by atoms with Crippen LogP contribution in [0.4, 0.5) is 10.1 Å². The fraction of sp³-hybridized carbons (Fsp3) is 0.286. The average molecular weight is 542 g/mol. The summed E-state index contributed by atoms with van der Waals surface area (Å²) in [7, 11) is -2.72. The number of aryl methyl sites for hydroxylation is 1. The number of amides is 2. The maximum atomic E-state index is 13.8. The van der Waals surface area contributed by atoms with E-state index >= 15 is 0 Å². The zero-order valence-electron chi connectivity index (χ0n) is 21.8. The molecule has 1 N–H and O–H groups in total. The van der Waals surface area contributed by atoms with Crippen LogP contribution in [0.15, 0.2) is 77.7 Å². The number of likely N-dealkylation sites (N-methyl/N-ethyl adjacent to an activating group) is 1. The summed E-state index contributed by atoms with van der Waals surface area (Å²) in [5, 5.41) is 2.52. The normalized spacial score (nSPS) is 11.9. The summed E-state index contributed by atoms with van der Waals surface area (Å²) in [6.07, 6.45) is 0. The predicted molar refractivity (Wildman–Crippen MR) is 144 cm³/mol. The number of sulfonamides is 1. The standard InChI is InChI=1S/C28H32FN3O5S/c1-5-37-25-14-16-26(17-15-25)38(35,36)32(24-12-6-20(2)7-13-24)19-27(33)31(21(3)28(34)30-4)18-22-8-10-23(29)11-9-22/h6-17,21H,5,18-19H2,1-4H3,(H,30,34). The molecular formula is C28H32FN3O5S. The third-order valence-corrected chi connectivity index (χ3v) is 7.79. The molecule has 0 aliphatic heterocycles. The van der Waals surface area contributed by atoms with Gasteiger partial charge in [0.25, 0.3) is 10.0 Å². The van der Waals surface area contributed by atoms with Gasteiger partial charge in [-0.2, -0.15) is 0 Å². The van der Waals surface area contributed by atoms with Gasteiger partial charge in [0, 0.05) is 13.6 Å². The molecule has 0 radical (unpaired) electrons. The van der Waals surface area contributed by atoms with E-state index < -0.39 is 40.2 Å². The van der Waals surface area contributed by atoms with Crippen molar-refractivity contribution in [2.75, 3.05) is 24.5 Å². The van der Waals surface area contributed by atoms with Crippen molar-refractivity contribution in [1.29, 1.82) is 0 Å². The van der Waals surface area contributed by atoms with Gasteiger partial charge in [-0.15, -0.1) is 0 Å². The van der Waals surface area contributed by atoms with E-state index in [-0.39, 0.29) is 11.4 Å². The van der Waals surface area contributed by atoms with Crippen molar-refractivity contribution >= 4 is 27.5 Å². The Bertz CT molecular complexity index is 1340. The van der Waals surface area contributed by atoms with Crippen molar-refractivity contribution in [3.8, 4) is 5.75 Å². The molecule has 0 aliphatic carbocycles. The Labute approximate surface area is 223 Å². The first-order chi connectivity index (χ1) is 18.1. The third kappa shape index (κ3) is 6.89. The Morgan fingerprint density at radius 1 is 0.974 bits per heavy atom. The number of benzene rings is 3. The third-order valence-electron chi connectivity index (χ3n) is 6.00. The molecule has 0 aromatic heterocycles. The van der Waals surface area contributed by atoms with Crippen LogP contribution >= 0.6 is 0 Å². The van der Waals surface area contributed by atoms with Crippen LogP contribution in [-0.2, 0) is 26.2 Å². The summed E-state index contributed by atoms with van der Waals surface area (Å²) in [4.78, 5) is 27.4. The first-order valence-corrected chi connectivity index (χ1v) is 13.6. The van der Waals surface area contributed by atoms with Crippen molar-refractivity contribution < 1.29 is 27.1 Å². The van der Waals surface area contributed by atoms with Crippen molar-refractivity contribution in [3.63, 3.8) is 0 Å². The second-order valence-electron chi connectivity index (χ2n) is 8.69. The monoisotopic (exact) mass is 541 g/mol. The number of rotatable bonds is 11. The van der Waals surface area contributed by atoms with E-state index in [1.807, 2.05) is 13.8 Å². The van der Waals surface area contributed by atoms with E-state index in [1.54, 1.807) is 43.3 Å². The highest BCUT2D eigenvalue weighted by molar-refractivity contribution is 7.92. The van der Waals surface area contributed by atoms with Gasteiger partial charge in [0.1, 0.15) is 24.2 Å². The van der Waals surface area contributed by atoms with E-state index in [0.717, 1.165) is 9.87 Å². The topological polar surface area (TPSA) is 96.0 Å². The number of hydrogen-bond donors (Lipinski definition) is 1. The van der Waals surface area contributed by atoms with Gasteiger partial charge in [0.05, 0.1) is 17.2 Å². The number of anilines is 1. The minimum absolute atomic E-state index is 0.0150. The molecule has 0 saturated heterocycles. The molecule has 3 rings (SSSR count). The maximum absolute atomic E-state index is 13.8. The van der Waals surface area contributed by atoms with Crippen LogP contribution in [0.25, 0.3) is 0 Å². The Morgan fingerprint density at radius 2 is 1.58 bits per heavy atom. The first kappa shape index (κ1) is 28.6. The van der Waals surface area contributed by atoms with Crippen molar-refractivity contribution in [3.05, 3.63) is 89.7 Å². The molecule has 0 bridgehead atoms. The molecule has 0 saturated carbocycles. The maximum Gasteiger partial charge on any atom is 0.264 e. The van der Waals surface area contributed by atoms with E-state index in [4.69, 9.17) is 4.74 Å². The van der Waals surface area contributed by atoms with Crippen LogP contribution in [0.5, 0.6) is 5.75 Å². The SMILES string of the molecule is CCOc1ccc(S(=O)(=O)N(CC(=O)N(Cc2ccc(F)cc2)C(C)C(=O)NC)c2ccc(C)cc2)cc1. The fourth-order valence-corrected chi connectivity index (χ4v) is 5.23. The van der Waals surface area contributed by atoms with Gasteiger partial charge in [0.2, 0.25) is 11.8 Å². The zero-order chi connectivity index (χ0) is 27.9. The van der Waals surface area contributed by atoms with Crippen LogP contribution in [0.3, 0.4) is 0 Å². The Hall–Kier alpha value is -3.92. The second-order valence-corrected chi connectivity index (χ2v) is 10.6. The van der Waals surface area contributed by atoms with Gasteiger partial charge in [-0.3, -0.25) is 13.9 Å². The number of hydrogen-bond acceptors (Lipinski definition) is 5. The van der Waals surface area contributed by atoms with Gasteiger partial charge in [-0.05, 0) is 74.9 Å². The molecule has 0 fully saturated rings. The van der Waals surface area contributed by atoms with E-state index in [1.165, 1.54) is 48.3 Å². The molecule has 3 aromatic rings. The molecule has 2 amide bonds. The molecule has 0 heterocycles. The highest BCUT2D eigenvalue weighted by atomic mass is 32.2. The number of carbonyl (C=O) groups excluding carboxylic acids is 2. The lowest BCUT2D eigenvalue weighted by Crippen LogP contribution is -2.50. The molecule has 0 aliphatic rings. The second kappa shape index (κ2) is 12.6. The van der Waals surface area contributed by atoms with Gasteiger partial charge in [0.15, 0.2) is 0 Å². The first-order valence-electron chi connectivity index (χ1n) is 12.1. The quantitative estimate of drug-likeness (QED) is 0.397. The van der Waals surface area contributed by atoms with Crippen molar-refractivity contribution in [2.24, 2.45) is 0 Å². The highest BCUT2D eigenvalue weighted by Crippen LogP contribution is 2.26. The summed E-state index contributed by atoms with van der Waals surface area (Å²) in [5.41, 5.74) is 1.81. The zero-order valence-corrected chi connectivity index (χ0v) is 22.7. The smallest absolute Gasteiger partial charge is 0.264 e. The van der Waals surface area contributed by atoms with Crippen LogP contribution < -0.4 is 14.4 Å². The largest absolute Gasteiger partial charge is 0.494 e. The molecule has 10 heteroatoms. The average Bonchev–Trinajstić information content (AvgIpc) is 2.91. The molecule has 202 valence electrons. The summed E-state index contributed by atoms with van der Waals surface area (Å²) in [6.45, 7) is 5.11. The van der Waals surface area contributed by atoms with Crippen LogP contribution in [0.2, 0.25) is 0 Å². The molecule has 8 nitrogen and oxygen atoms in total. The minimum Gasteiger partial charge on any atom is -0.494 e. The summed E-state index contributed by atoms with van der Waals surface area (Å²) in [5.74, 6) is -0.926. The van der Waals surface area contributed by atoms with Gasteiger partial charge in [-0.1, -0.05) is 29.8 Å². The Morgan fingerprint density at radius 3 is 2.13 bits per heavy atom. The van der Waals surface area contributed by atoms with Crippen LogP contribution in [0, 0.1) is 12.7 Å². The van der Waals surface area contributed by atoms with Gasteiger partial charge < -0.3 is 15.0 Å². The molecule has 38 heavy (non-hydrogen) atoms. The van der Waals surface area contributed by atoms with Gasteiger partial charge in [-0.25, -0.2) is 12.8 Å². The molecule has 1 unspecified atom stereocenters. The molecule has 1 atom stereocenters. The Kier molecular flexibility index (Phi) is 9.46. The number of nitrogens with zero attached hydrogens (tertiary/aromatic N) is 2. The lowest BCUT2D eigenvalue weighted by molar-refractivity contribution is -0.139. The fourth-order valence-electron chi connectivity index (χ4n) is 3.82. The summed E-state index contributed by atoms with van der Waals surface area (Å²) in [6, 6.07) is 17.4. The van der Waals surface area contributed by atoms with Crippen LogP contribution in [-0.4, -0.2) is 51.4 Å². The number of halogens is 1. The predicted octanol–water partition coefficient (Wildman–Crippen LogP) is 3.89. The van der Waals surface area contributed by atoms with Crippen LogP contribution in [0.1, 0.15) is 25.0 Å². The summed E-state index contributed by atoms with van der Waals surface area (Å²) < 4.78 is 47.5. The van der Waals surface area contributed by atoms with Gasteiger partial charge >= 0.3 is 0 Å². The van der Waals surface area contributed by atoms with E-state index in [2.05, 4.69) is 5.32 Å². The summed E-state index contributed by atoms with van der Waals surface area (Å²) >= 11 is 0. The van der Waals surface area contributed by atoms with Crippen molar-refractivity contribution in [2.45, 2.75) is 38.3 Å². The molecule has 3 aromatic carbocycles.